The van der Waals surface area contributed by atoms with Gasteiger partial charge in [0.2, 0.25) is 10.0 Å². The second kappa shape index (κ2) is 4.72. The largest absolute Gasteiger partial charge is 0.391 e. The van der Waals surface area contributed by atoms with E-state index in [1.807, 2.05) is 0 Å². The van der Waals surface area contributed by atoms with Gasteiger partial charge in [-0.1, -0.05) is 0 Å². The lowest BCUT2D eigenvalue weighted by atomic mass is 10.2. The molecule has 2 N–H and O–H groups in total. The lowest BCUT2D eigenvalue weighted by Gasteiger charge is -2.11. The van der Waals surface area contributed by atoms with Crippen LogP contribution in [0.15, 0.2) is 23.2 Å². The molecule has 1 aromatic heterocycles. The van der Waals surface area contributed by atoms with E-state index < -0.39 is 16.1 Å². The minimum Gasteiger partial charge on any atom is -0.391 e. The van der Waals surface area contributed by atoms with E-state index in [9.17, 15) is 13.5 Å². The predicted molar refractivity (Wildman–Crippen MR) is 62.9 cm³/mol. The average molecular weight is 256 g/mol. The summed E-state index contributed by atoms with van der Waals surface area (Å²) in [5, 5.41) is 9.60. The standard InChI is InChI=1S/C11H16N2O3S/c1-8-2-5-10(6-12-8)17(15,16)13-7-11(14)9-3-4-9/h2,5-6,9,11,13-14H,3-4,7H2,1H3. The van der Waals surface area contributed by atoms with Gasteiger partial charge in [-0.25, -0.2) is 13.1 Å². The molecule has 0 spiro atoms. The highest BCUT2D eigenvalue weighted by Gasteiger charge is 2.30. The molecule has 0 amide bonds. The first-order valence-electron chi connectivity index (χ1n) is 5.59. The zero-order valence-electron chi connectivity index (χ0n) is 9.63. The number of sulfonamides is 1. The lowest BCUT2D eigenvalue weighted by Crippen LogP contribution is -2.33. The molecule has 5 nitrogen and oxygen atoms in total. The van der Waals surface area contributed by atoms with Crippen molar-refractivity contribution in [3.05, 3.63) is 24.0 Å². The van der Waals surface area contributed by atoms with Gasteiger partial charge in [0.15, 0.2) is 0 Å². The third-order valence-electron chi connectivity index (χ3n) is 2.84. The van der Waals surface area contributed by atoms with Crippen LogP contribution in [-0.4, -0.2) is 31.2 Å². The Morgan fingerprint density at radius 3 is 2.76 bits per heavy atom. The Morgan fingerprint density at radius 1 is 1.53 bits per heavy atom. The molecule has 1 aliphatic carbocycles. The maximum absolute atomic E-state index is 11.8. The number of nitrogens with one attached hydrogen (secondary N) is 1. The van der Waals surface area contributed by atoms with Gasteiger partial charge in [0, 0.05) is 18.4 Å². The third-order valence-corrected chi connectivity index (χ3v) is 4.25. The summed E-state index contributed by atoms with van der Waals surface area (Å²) in [6.45, 7) is 1.86. The molecule has 0 saturated heterocycles. The summed E-state index contributed by atoms with van der Waals surface area (Å²) in [5.41, 5.74) is 0.766. The molecule has 0 radical (unpaired) electrons. The molecule has 1 aromatic rings. The van der Waals surface area contributed by atoms with E-state index >= 15 is 0 Å². The zero-order chi connectivity index (χ0) is 12.5. The molecule has 94 valence electrons. The molecule has 17 heavy (non-hydrogen) atoms. The highest BCUT2D eigenvalue weighted by molar-refractivity contribution is 7.89. The molecule has 1 heterocycles. The summed E-state index contributed by atoms with van der Waals surface area (Å²) in [7, 11) is -3.55. The molecule has 2 rings (SSSR count). The van der Waals surface area contributed by atoms with Crippen LogP contribution in [0.5, 0.6) is 0 Å². The summed E-state index contributed by atoms with van der Waals surface area (Å²) in [4.78, 5) is 4.07. The number of hydrogen-bond acceptors (Lipinski definition) is 4. The molecule has 1 atom stereocenters. The normalized spacial score (nSPS) is 18.0. The van der Waals surface area contributed by atoms with E-state index in [4.69, 9.17) is 0 Å². The van der Waals surface area contributed by atoms with Crippen molar-refractivity contribution in [2.24, 2.45) is 5.92 Å². The Labute approximate surface area is 101 Å². The summed E-state index contributed by atoms with van der Waals surface area (Å²) in [5.74, 6) is 0.258. The van der Waals surface area contributed by atoms with Crippen molar-refractivity contribution < 1.29 is 13.5 Å². The third kappa shape index (κ3) is 3.24. The molecule has 0 bridgehead atoms. The number of pyridine rings is 1. The van der Waals surface area contributed by atoms with Gasteiger partial charge in [0.25, 0.3) is 0 Å². The van der Waals surface area contributed by atoms with Crippen LogP contribution in [0.3, 0.4) is 0 Å². The van der Waals surface area contributed by atoms with Crippen molar-refractivity contribution in [2.75, 3.05) is 6.54 Å². The maximum atomic E-state index is 11.8. The van der Waals surface area contributed by atoms with Gasteiger partial charge >= 0.3 is 0 Å². The van der Waals surface area contributed by atoms with Crippen molar-refractivity contribution in [1.82, 2.24) is 9.71 Å². The Morgan fingerprint density at radius 2 is 2.24 bits per heavy atom. The Balaban J connectivity index is 2.00. The van der Waals surface area contributed by atoms with Crippen molar-refractivity contribution in [3.8, 4) is 0 Å². The number of aromatic nitrogens is 1. The van der Waals surface area contributed by atoms with E-state index in [2.05, 4.69) is 9.71 Å². The van der Waals surface area contributed by atoms with E-state index in [1.165, 1.54) is 12.3 Å². The van der Waals surface area contributed by atoms with Crippen LogP contribution >= 0.6 is 0 Å². The lowest BCUT2D eigenvalue weighted by molar-refractivity contribution is 0.155. The molecular formula is C11H16N2O3S. The highest BCUT2D eigenvalue weighted by Crippen LogP contribution is 2.32. The topological polar surface area (TPSA) is 79.3 Å². The van der Waals surface area contributed by atoms with Crippen molar-refractivity contribution in [2.45, 2.75) is 30.8 Å². The predicted octanol–water partition coefficient (Wildman–Crippen LogP) is 0.439. The molecule has 1 aliphatic rings. The second-order valence-electron chi connectivity index (χ2n) is 4.39. The first kappa shape index (κ1) is 12.5. The van der Waals surface area contributed by atoms with Crippen LogP contribution in [0.1, 0.15) is 18.5 Å². The number of rotatable bonds is 5. The van der Waals surface area contributed by atoms with Crippen LogP contribution < -0.4 is 4.72 Å². The molecule has 1 saturated carbocycles. The van der Waals surface area contributed by atoms with Gasteiger partial charge in [0.05, 0.1) is 6.10 Å². The second-order valence-corrected chi connectivity index (χ2v) is 6.16. The fourth-order valence-electron chi connectivity index (χ4n) is 1.54. The highest BCUT2D eigenvalue weighted by atomic mass is 32.2. The SMILES string of the molecule is Cc1ccc(S(=O)(=O)NCC(O)C2CC2)cn1. The fraction of sp³-hybridized carbons (Fsp3) is 0.545. The van der Waals surface area contributed by atoms with E-state index in [-0.39, 0.29) is 17.4 Å². The van der Waals surface area contributed by atoms with Gasteiger partial charge in [-0.3, -0.25) is 4.98 Å². The maximum Gasteiger partial charge on any atom is 0.242 e. The summed E-state index contributed by atoms with van der Waals surface area (Å²) in [6, 6.07) is 3.15. The van der Waals surface area contributed by atoms with Crippen LogP contribution in [0.25, 0.3) is 0 Å². The number of aryl methyl sites for hydroxylation is 1. The minimum atomic E-state index is -3.55. The van der Waals surface area contributed by atoms with E-state index in [1.54, 1.807) is 13.0 Å². The molecule has 0 aliphatic heterocycles. The average Bonchev–Trinajstić information content (AvgIpc) is 3.10. The van der Waals surface area contributed by atoms with E-state index in [0.29, 0.717) is 0 Å². The Hall–Kier alpha value is -0.980. The summed E-state index contributed by atoms with van der Waals surface area (Å²) >= 11 is 0. The molecular weight excluding hydrogens is 240 g/mol. The first-order valence-corrected chi connectivity index (χ1v) is 7.08. The Bertz CT molecular complexity index is 480. The number of nitrogens with zero attached hydrogens (tertiary/aromatic N) is 1. The molecule has 1 fully saturated rings. The van der Waals surface area contributed by atoms with Gasteiger partial charge in [-0.2, -0.15) is 0 Å². The monoisotopic (exact) mass is 256 g/mol. The fourth-order valence-corrected chi connectivity index (χ4v) is 2.53. The quantitative estimate of drug-likeness (QED) is 0.801. The molecule has 1 unspecified atom stereocenters. The van der Waals surface area contributed by atoms with E-state index in [0.717, 1.165) is 18.5 Å². The van der Waals surface area contributed by atoms with Crippen molar-refractivity contribution in [3.63, 3.8) is 0 Å². The smallest absolute Gasteiger partial charge is 0.242 e. The number of aliphatic hydroxyl groups excluding tert-OH is 1. The summed E-state index contributed by atoms with van der Waals surface area (Å²) < 4.78 is 26.1. The van der Waals surface area contributed by atoms with Gasteiger partial charge < -0.3 is 5.11 Å². The van der Waals surface area contributed by atoms with Crippen LogP contribution in [0, 0.1) is 12.8 Å². The van der Waals surface area contributed by atoms with Gasteiger partial charge in [-0.15, -0.1) is 0 Å². The van der Waals surface area contributed by atoms with Crippen molar-refractivity contribution in [1.29, 1.82) is 0 Å². The summed E-state index contributed by atoms with van der Waals surface area (Å²) in [6.07, 6.45) is 2.70. The minimum absolute atomic E-state index is 0.0703. The number of hydrogen-bond donors (Lipinski definition) is 2. The molecule has 0 aromatic carbocycles. The van der Waals surface area contributed by atoms with Crippen LogP contribution in [0.4, 0.5) is 0 Å². The first-order chi connectivity index (χ1) is 7.99. The molecule has 6 heteroatoms. The van der Waals surface area contributed by atoms with Crippen molar-refractivity contribution >= 4 is 10.0 Å². The van der Waals surface area contributed by atoms with Gasteiger partial charge in [0.1, 0.15) is 4.90 Å². The van der Waals surface area contributed by atoms with Gasteiger partial charge in [-0.05, 0) is 37.8 Å². The number of aliphatic hydroxyl groups is 1. The van der Waals surface area contributed by atoms with Crippen LogP contribution in [-0.2, 0) is 10.0 Å². The Kier molecular flexibility index (Phi) is 3.46. The zero-order valence-corrected chi connectivity index (χ0v) is 10.4. The van der Waals surface area contributed by atoms with Crippen LogP contribution in [0.2, 0.25) is 0 Å².